The molecule has 5 heteroatoms. The van der Waals surface area contributed by atoms with Crippen molar-refractivity contribution < 1.29 is 9.47 Å². The zero-order valence-corrected chi connectivity index (χ0v) is 10.6. The van der Waals surface area contributed by atoms with Crippen LogP contribution >= 0.6 is 11.6 Å². The van der Waals surface area contributed by atoms with Crippen molar-refractivity contribution >= 4 is 11.6 Å². The smallest absolute Gasteiger partial charge is 0.231 e. The Balaban J connectivity index is 1.90. The molecule has 18 heavy (non-hydrogen) atoms. The monoisotopic (exact) mass is 262 g/mol. The van der Waals surface area contributed by atoms with E-state index in [1.807, 2.05) is 25.1 Å². The minimum absolute atomic E-state index is 0.274. The van der Waals surface area contributed by atoms with Gasteiger partial charge in [0.15, 0.2) is 11.5 Å². The molecule has 0 unspecified atom stereocenters. The first-order valence-electron chi connectivity index (χ1n) is 5.59. The van der Waals surface area contributed by atoms with Crippen LogP contribution in [0.3, 0.4) is 0 Å². The number of hydrogen-bond donors (Lipinski definition) is 0. The van der Waals surface area contributed by atoms with E-state index in [9.17, 15) is 0 Å². The average molecular weight is 263 g/mol. The van der Waals surface area contributed by atoms with Crippen LogP contribution in [0, 0.1) is 6.92 Å². The van der Waals surface area contributed by atoms with Gasteiger partial charge in [0.05, 0.1) is 5.69 Å². The molecule has 0 saturated heterocycles. The summed E-state index contributed by atoms with van der Waals surface area (Å²) in [7, 11) is 0. The number of fused-ring (bicyclic) bond motifs is 1. The van der Waals surface area contributed by atoms with Crippen LogP contribution in [0.1, 0.15) is 16.8 Å². The maximum atomic E-state index is 5.81. The number of halogens is 1. The summed E-state index contributed by atoms with van der Waals surface area (Å²) >= 11 is 5.81. The lowest BCUT2D eigenvalue weighted by atomic mass is 10.1. The van der Waals surface area contributed by atoms with E-state index in [0.29, 0.717) is 6.42 Å². The molecule has 0 amide bonds. The predicted molar refractivity (Wildman–Crippen MR) is 67.2 cm³/mol. The van der Waals surface area contributed by atoms with Crippen LogP contribution in [-0.4, -0.2) is 16.8 Å². The second kappa shape index (κ2) is 4.46. The number of nitrogens with zero attached hydrogens (tertiary/aromatic N) is 2. The topological polar surface area (TPSA) is 44.2 Å². The first-order chi connectivity index (χ1) is 8.72. The van der Waals surface area contributed by atoms with Gasteiger partial charge in [0, 0.05) is 12.6 Å². The highest BCUT2D eigenvalue weighted by molar-refractivity contribution is 6.28. The van der Waals surface area contributed by atoms with Gasteiger partial charge in [0.25, 0.3) is 0 Å². The Hall–Kier alpha value is -1.81. The number of ether oxygens (including phenoxy) is 2. The van der Waals surface area contributed by atoms with Crippen LogP contribution in [0.5, 0.6) is 11.5 Å². The van der Waals surface area contributed by atoms with Crippen molar-refractivity contribution in [3.8, 4) is 11.5 Å². The number of rotatable bonds is 2. The third-order valence-corrected chi connectivity index (χ3v) is 3.04. The Bertz CT molecular complexity index is 602. The predicted octanol–water partition coefficient (Wildman–Crippen LogP) is 2.76. The minimum atomic E-state index is 0.274. The SMILES string of the molecule is Cc1cnc(Cl)nc1Cc1ccc2c(c1)OCO2. The summed E-state index contributed by atoms with van der Waals surface area (Å²) < 4.78 is 10.6. The Morgan fingerprint density at radius 2 is 2.11 bits per heavy atom. The molecule has 92 valence electrons. The Labute approximate surface area is 110 Å². The fourth-order valence-corrected chi connectivity index (χ4v) is 2.03. The van der Waals surface area contributed by atoms with Gasteiger partial charge < -0.3 is 9.47 Å². The highest BCUT2D eigenvalue weighted by atomic mass is 35.5. The summed E-state index contributed by atoms with van der Waals surface area (Å²) in [5.74, 6) is 1.57. The molecule has 0 fully saturated rings. The summed E-state index contributed by atoms with van der Waals surface area (Å²) in [6, 6.07) is 5.89. The van der Waals surface area contributed by atoms with Gasteiger partial charge in [0.1, 0.15) is 0 Å². The number of aryl methyl sites for hydroxylation is 1. The molecule has 1 aliphatic rings. The molecule has 1 aromatic carbocycles. The molecule has 0 radical (unpaired) electrons. The van der Waals surface area contributed by atoms with Crippen molar-refractivity contribution in [2.24, 2.45) is 0 Å². The van der Waals surface area contributed by atoms with E-state index in [0.717, 1.165) is 28.3 Å². The molecule has 0 bridgehead atoms. The molecular formula is C13H11ClN2O2. The summed E-state index contributed by atoms with van der Waals surface area (Å²) in [4.78, 5) is 8.19. The summed E-state index contributed by atoms with van der Waals surface area (Å²) in [6.45, 7) is 2.26. The first-order valence-corrected chi connectivity index (χ1v) is 5.97. The first kappa shape index (κ1) is 11.3. The molecule has 4 nitrogen and oxygen atoms in total. The molecule has 3 rings (SSSR count). The van der Waals surface area contributed by atoms with Crippen molar-refractivity contribution in [2.45, 2.75) is 13.3 Å². The summed E-state index contributed by atoms with van der Waals surface area (Å²) in [6.07, 6.45) is 2.43. The van der Waals surface area contributed by atoms with Crippen molar-refractivity contribution in [2.75, 3.05) is 6.79 Å². The lowest BCUT2D eigenvalue weighted by Crippen LogP contribution is -1.98. The molecule has 2 aromatic rings. The van der Waals surface area contributed by atoms with Crippen LogP contribution in [0.15, 0.2) is 24.4 Å². The Morgan fingerprint density at radius 3 is 3.00 bits per heavy atom. The van der Waals surface area contributed by atoms with E-state index in [1.165, 1.54) is 0 Å². The van der Waals surface area contributed by atoms with Gasteiger partial charge in [-0.3, -0.25) is 0 Å². The third-order valence-electron chi connectivity index (χ3n) is 2.86. The normalized spacial score (nSPS) is 12.8. The number of hydrogen-bond acceptors (Lipinski definition) is 4. The summed E-state index contributed by atoms with van der Waals surface area (Å²) in [5.41, 5.74) is 3.06. The van der Waals surface area contributed by atoms with Gasteiger partial charge in [-0.25, -0.2) is 9.97 Å². The van der Waals surface area contributed by atoms with Crippen molar-refractivity contribution in [1.82, 2.24) is 9.97 Å². The second-order valence-electron chi connectivity index (χ2n) is 4.13. The molecule has 0 aliphatic carbocycles. The van der Waals surface area contributed by atoms with Crippen LogP contribution in [-0.2, 0) is 6.42 Å². The fourth-order valence-electron chi connectivity index (χ4n) is 1.88. The highest BCUT2D eigenvalue weighted by Gasteiger charge is 2.14. The molecule has 1 aliphatic heterocycles. The van der Waals surface area contributed by atoms with Crippen molar-refractivity contribution in [3.63, 3.8) is 0 Å². The van der Waals surface area contributed by atoms with Crippen LogP contribution in [0.4, 0.5) is 0 Å². The number of aromatic nitrogens is 2. The number of benzene rings is 1. The van der Waals surface area contributed by atoms with Gasteiger partial charge in [0.2, 0.25) is 12.1 Å². The Kier molecular flexibility index (Phi) is 2.80. The van der Waals surface area contributed by atoms with Crippen molar-refractivity contribution in [3.05, 3.63) is 46.5 Å². The minimum Gasteiger partial charge on any atom is -0.454 e. The molecule has 0 spiro atoms. The second-order valence-corrected chi connectivity index (χ2v) is 4.47. The average Bonchev–Trinajstić information content (AvgIpc) is 2.81. The van der Waals surface area contributed by atoms with Gasteiger partial charge in [-0.2, -0.15) is 0 Å². The van der Waals surface area contributed by atoms with Crippen LogP contribution in [0.2, 0.25) is 5.28 Å². The zero-order valence-electron chi connectivity index (χ0n) is 9.81. The summed E-state index contributed by atoms with van der Waals surface area (Å²) in [5, 5.41) is 0.274. The molecular weight excluding hydrogens is 252 g/mol. The molecule has 1 aromatic heterocycles. The maximum absolute atomic E-state index is 5.81. The van der Waals surface area contributed by atoms with E-state index < -0.39 is 0 Å². The standard InChI is InChI=1S/C13H11ClN2O2/c1-8-6-15-13(14)16-10(8)4-9-2-3-11-12(5-9)18-7-17-11/h2-3,5-6H,4,7H2,1H3. The molecule has 0 saturated carbocycles. The third kappa shape index (κ3) is 2.11. The molecule has 0 N–H and O–H groups in total. The fraction of sp³-hybridized carbons (Fsp3) is 0.231. The maximum Gasteiger partial charge on any atom is 0.231 e. The van der Waals surface area contributed by atoms with Crippen molar-refractivity contribution in [1.29, 1.82) is 0 Å². The van der Waals surface area contributed by atoms with Gasteiger partial charge in [-0.15, -0.1) is 0 Å². The van der Waals surface area contributed by atoms with E-state index >= 15 is 0 Å². The lowest BCUT2D eigenvalue weighted by molar-refractivity contribution is 0.174. The molecule has 2 heterocycles. The largest absolute Gasteiger partial charge is 0.454 e. The van der Waals surface area contributed by atoms with E-state index in [4.69, 9.17) is 21.1 Å². The van der Waals surface area contributed by atoms with Gasteiger partial charge in [-0.05, 0) is 41.8 Å². The van der Waals surface area contributed by atoms with E-state index in [-0.39, 0.29) is 12.1 Å². The van der Waals surface area contributed by atoms with E-state index in [1.54, 1.807) is 6.20 Å². The molecule has 0 atom stereocenters. The highest BCUT2D eigenvalue weighted by Crippen LogP contribution is 2.33. The van der Waals surface area contributed by atoms with Gasteiger partial charge >= 0.3 is 0 Å². The van der Waals surface area contributed by atoms with E-state index in [2.05, 4.69) is 9.97 Å². The quantitative estimate of drug-likeness (QED) is 0.781. The lowest BCUT2D eigenvalue weighted by Gasteiger charge is -2.05. The van der Waals surface area contributed by atoms with Crippen LogP contribution < -0.4 is 9.47 Å². The van der Waals surface area contributed by atoms with Crippen LogP contribution in [0.25, 0.3) is 0 Å². The van der Waals surface area contributed by atoms with Gasteiger partial charge in [-0.1, -0.05) is 6.07 Å². The Morgan fingerprint density at radius 1 is 1.28 bits per heavy atom. The zero-order chi connectivity index (χ0) is 12.5.